The fourth-order valence-electron chi connectivity index (χ4n) is 2.67. The maximum atomic E-state index is 9.30. The molecule has 20 heavy (non-hydrogen) atoms. The number of anilines is 1. The van der Waals surface area contributed by atoms with Crippen molar-refractivity contribution in [3.8, 4) is 6.07 Å². The molecule has 0 aliphatic carbocycles. The Bertz CT molecular complexity index is 656. The summed E-state index contributed by atoms with van der Waals surface area (Å²) in [5.41, 5.74) is 2.39. The van der Waals surface area contributed by atoms with Crippen LogP contribution < -0.4 is 5.32 Å². The van der Waals surface area contributed by atoms with E-state index < -0.39 is 0 Å². The fourth-order valence-corrected chi connectivity index (χ4v) is 2.67. The van der Waals surface area contributed by atoms with Crippen LogP contribution in [0, 0.1) is 17.2 Å². The Morgan fingerprint density at radius 1 is 1.45 bits per heavy atom. The summed E-state index contributed by atoms with van der Waals surface area (Å²) >= 11 is 0. The molecule has 0 saturated carbocycles. The fraction of sp³-hybridized carbons (Fsp3) is 0.375. The average Bonchev–Trinajstić information content (AvgIpc) is 3.02. The number of rotatable bonds is 3. The van der Waals surface area contributed by atoms with Crippen molar-refractivity contribution in [3.05, 3.63) is 36.0 Å². The molecule has 1 aromatic heterocycles. The molecule has 1 N–H and O–H groups in total. The van der Waals surface area contributed by atoms with Crippen LogP contribution in [-0.4, -0.2) is 24.2 Å². The minimum Gasteiger partial charge on any atom is -0.381 e. The molecule has 0 amide bonds. The van der Waals surface area contributed by atoms with Crippen LogP contribution in [0.1, 0.15) is 18.9 Å². The zero-order valence-corrected chi connectivity index (χ0v) is 11.5. The quantitative estimate of drug-likeness (QED) is 0.929. The van der Waals surface area contributed by atoms with Crippen LogP contribution in [0.2, 0.25) is 0 Å². The highest BCUT2D eigenvalue weighted by Crippen LogP contribution is 2.28. The molecule has 2 atom stereocenters. The van der Waals surface area contributed by atoms with Gasteiger partial charge in [0.25, 0.3) is 0 Å². The molecule has 1 aromatic carbocycles. The molecule has 2 unspecified atom stereocenters. The second-order valence-corrected chi connectivity index (χ2v) is 5.23. The predicted molar refractivity (Wildman–Crippen MR) is 78.5 cm³/mol. The van der Waals surface area contributed by atoms with E-state index >= 15 is 0 Å². The molecule has 4 heteroatoms. The number of fused-ring (bicyclic) bond motifs is 1. The summed E-state index contributed by atoms with van der Waals surface area (Å²) in [5.74, 6) is 0.494. The van der Waals surface area contributed by atoms with E-state index in [1.807, 2.05) is 24.3 Å². The number of benzene rings is 1. The maximum absolute atomic E-state index is 9.30. The van der Waals surface area contributed by atoms with Crippen LogP contribution >= 0.6 is 0 Å². The third-order valence-electron chi connectivity index (χ3n) is 3.94. The van der Waals surface area contributed by atoms with Crippen molar-refractivity contribution in [2.24, 2.45) is 5.92 Å². The molecule has 1 aliphatic rings. The summed E-state index contributed by atoms with van der Waals surface area (Å²) in [5, 5.41) is 13.8. The highest BCUT2D eigenvalue weighted by Gasteiger charge is 2.23. The van der Waals surface area contributed by atoms with Gasteiger partial charge >= 0.3 is 0 Å². The number of nitrogens with zero attached hydrogens (tertiary/aromatic N) is 2. The number of nitrogens with one attached hydrogen (secondary N) is 1. The first-order valence-corrected chi connectivity index (χ1v) is 6.91. The summed E-state index contributed by atoms with van der Waals surface area (Å²) in [7, 11) is 0. The van der Waals surface area contributed by atoms with Gasteiger partial charge in [0.05, 0.1) is 23.4 Å². The monoisotopic (exact) mass is 267 g/mol. The molecule has 0 radical (unpaired) electrons. The number of para-hydroxylation sites is 1. The number of hydrogen-bond donors (Lipinski definition) is 1. The second kappa shape index (κ2) is 5.48. The molecule has 0 spiro atoms. The van der Waals surface area contributed by atoms with Crippen molar-refractivity contribution in [3.63, 3.8) is 0 Å². The van der Waals surface area contributed by atoms with Crippen molar-refractivity contribution in [1.82, 2.24) is 4.98 Å². The van der Waals surface area contributed by atoms with Gasteiger partial charge in [0, 0.05) is 30.1 Å². The molecule has 1 aliphatic heterocycles. The van der Waals surface area contributed by atoms with Crippen LogP contribution in [0.4, 0.5) is 5.69 Å². The number of aromatic nitrogens is 1. The summed E-state index contributed by atoms with van der Waals surface area (Å²) in [4.78, 5) is 4.33. The molecule has 3 rings (SSSR count). The van der Waals surface area contributed by atoms with Crippen molar-refractivity contribution in [1.29, 1.82) is 5.26 Å². The van der Waals surface area contributed by atoms with E-state index in [4.69, 9.17) is 4.74 Å². The Morgan fingerprint density at radius 2 is 2.30 bits per heavy atom. The van der Waals surface area contributed by atoms with Gasteiger partial charge in [-0.3, -0.25) is 4.98 Å². The zero-order chi connectivity index (χ0) is 13.9. The number of nitriles is 1. The zero-order valence-electron chi connectivity index (χ0n) is 11.5. The lowest BCUT2D eigenvalue weighted by Crippen LogP contribution is -2.26. The highest BCUT2D eigenvalue weighted by molar-refractivity contribution is 5.93. The van der Waals surface area contributed by atoms with Crippen molar-refractivity contribution in [2.75, 3.05) is 18.5 Å². The van der Waals surface area contributed by atoms with E-state index in [-0.39, 0.29) is 6.04 Å². The van der Waals surface area contributed by atoms with E-state index in [2.05, 4.69) is 23.3 Å². The summed E-state index contributed by atoms with van der Waals surface area (Å²) in [6, 6.07) is 10.4. The lowest BCUT2D eigenvalue weighted by atomic mass is 9.99. The summed E-state index contributed by atoms with van der Waals surface area (Å²) < 4.78 is 5.44. The Balaban J connectivity index is 1.98. The van der Waals surface area contributed by atoms with Gasteiger partial charge in [-0.15, -0.1) is 0 Å². The first kappa shape index (κ1) is 12.9. The van der Waals surface area contributed by atoms with Gasteiger partial charge in [0.1, 0.15) is 6.07 Å². The molecule has 1 fully saturated rings. The Morgan fingerprint density at radius 3 is 3.05 bits per heavy atom. The van der Waals surface area contributed by atoms with Crippen molar-refractivity contribution >= 4 is 16.6 Å². The molecule has 1 saturated heterocycles. The average molecular weight is 267 g/mol. The highest BCUT2D eigenvalue weighted by atomic mass is 16.5. The van der Waals surface area contributed by atoms with Gasteiger partial charge in [-0.1, -0.05) is 18.2 Å². The van der Waals surface area contributed by atoms with Crippen molar-refractivity contribution in [2.45, 2.75) is 19.4 Å². The molecular formula is C16H17N3O. The third kappa shape index (κ3) is 2.33. The second-order valence-electron chi connectivity index (χ2n) is 5.23. The Labute approximate surface area is 118 Å². The molecule has 4 nitrogen and oxygen atoms in total. The van der Waals surface area contributed by atoms with Crippen LogP contribution in [0.5, 0.6) is 0 Å². The number of hydrogen-bond acceptors (Lipinski definition) is 4. The maximum Gasteiger partial charge on any atom is 0.103 e. The van der Waals surface area contributed by atoms with Gasteiger partial charge in [-0.25, -0.2) is 0 Å². The van der Waals surface area contributed by atoms with Gasteiger partial charge in [-0.2, -0.15) is 5.26 Å². The van der Waals surface area contributed by atoms with Gasteiger partial charge in [0.2, 0.25) is 0 Å². The standard InChI is InChI=1S/C16H17N3O/c1-11(12-6-7-20-10-12)19-16-13(8-17)9-18-15-5-3-2-4-14(15)16/h2-5,9,11-12H,6-7,10H2,1H3,(H,18,19). The van der Waals surface area contributed by atoms with Crippen molar-refractivity contribution < 1.29 is 4.74 Å². The first-order valence-electron chi connectivity index (χ1n) is 6.91. The minimum atomic E-state index is 0.274. The Hall–Kier alpha value is -2.12. The number of pyridine rings is 1. The molecule has 2 heterocycles. The van der Waals surface area contributed by atoms with E-state index in [0.29, 0.717) is 11.5 Å². The molecule has 2 aromatic rings. The predicted octanol–water partition coefficient (Wildman–Crippen LogP) is 2.94. The Kier molecular flexibility index (Phi) is 3.53. The molecule has 102 valence electrons. The largest absolute Gasteiger partial charge is 0.381 e. The van der Waals surface area contributed by atoms with Gasteiger partial charge in [0.15, 0.2) is 0 Å². The van der Waals surface area contributed by atoms with E-state index in [9.17, 15) is 5.26 Å². The van der Waals surface area contributed by atoms with E-state index in [1.54, 1.807) is 6.20 Å². The molecule has 0 bridgehead atoms. The lowest BCUT2D eigenvalue weighted by molar-refractivity contribution is 0.183. The minimum absolute atomic E-state index is 0.274. The first-order chi connectivity index (χ1) is 9.79. The number of ether oxygens (including phenoxy) is 1. The van der Waals surface area contributed by atoms with Crippen LogP contribution in [0.25, 0.3) is 10.9 Å². The third-order valence-corrected chi connectivity index (χ3v) is 3.94. The van der Waals surface area contributed by atoms with E-state index in [0.717, 1.165) is 36.2 Å². The van der Waals surface area contributed by atoms with Crippen LogP contribution in [-0.2, 0) is 4.74 Å². The van der Waals surface area contributed by atoms with Gasteiger partial charge < -0.3 is 10.1 Å². The van der Waals surface area contributed by atoms with Crippen LogP contribution in [0.3, 0.4) is 0 Å². The van der Waals surface area contributed by atoms with Crippen LogP contribution in [0.15, 0.2) is 30.5 Å². The SMILES string of the molecule is CC(Nc1c(C#N)cnc2ccccc12)C1CCOC1. The van der Waals surface area contributed by atoms with Gasteiger partial charge in [-0.05, 0) is 19.4 Å². The summed E-state index contributed by atoms with van der Waals surface area (Å²) in [6.07, 6.45) is 2.71. The van der Waals surface area contributed by atoms with E-state index in [1.165, 1.54) is 0 Å². The smallest absolute Gasteiger partial charge is 0.103 e. The lowest BCUT2D eigenvalue weighted by Gasteiger charge is -2.22. The topological polar surface area (TPSA) is 57.9 Å². The molecular weight excluding hydrogens is 250 g/mol. The normalized spacial score (nSPS) is 19.7. The summed E-state index contributed by atoms with van der Waals surface area (Å²) in [6.45, 7) is 3.77.